The molecular weight excluding hydrogens is 252 g/mol. The van der Waals surface area contributed by atoms with E-state index in [1.54, 1.807) is 0 Å². The number of fused-ring (bicyclic) bond motifs is 1. The van der Waals surface area contributed by atoms with Crippen LogP contribution in [0.15, 0.2) is 12.1 Å². The molecule has 1 aromatic rings. The minimum absolute atomic E-state index is 0.177. The molecule has 0 aliphatic carbocycles. The Balaban J connectivity index is 2.00. The molecule has 1 aromatic carbocycles. The van der Waals surface area contributed by atoms with Crippen molar-refractivity contribution in [2.24, 2.45) is 0 Å². The molecule has 1 N–H and O–H groups in total. The first-order valence-electron chi connectivity index (χ1n) is 7.74. The second-order valence-corrected chi connectivity index (χ2v) is 5.45. The molecule has 4 nitrogen and oxygen atoms in total. The van der Waals surface area contributed by atoms with Gasteiger partial charge in [-0.05, 0) is 24.5 Å². The van der Waals surface area contributed by atoms with E-state index < -0.39 is 0 Å². The van der Waals surface area contributed by atoms with Gasteiger partial charge >= 0.3 is 0 Å². The molecule has 1 atom stereocenters. The highest BCUT2D eigenvalue weighted by Crippen LogP contribution is 2.43. The van der Waals surface area contributed by atoms with E-state index in [4.69, 9.17) is 9.47 Å². The zero-order valence-corrected chi connectivity index (χ0v) is 12.4. The first-order chi connectivity index (χ1) is 9.83. The van der Waals surface area contributed by atoms with Crippen LogP contribution in [0.5, 0.6) is 11.5 Å². The van der Waals surface area contributed by atoms with E-state index in [1.165, 1.54) is 11.3 Å². The van der Waals surface area contributed by atoms with Gasteiger partial charge in [0.05, 0.1) is 5.69 Å². The number of anilines is 1. The van der Waals surface area contributed by atoms with Gasteiger partial charge in [-0.25, -0.2) is 0 Å². The maximum Gasteiger partial charge on any atom is 0.185 e. The van der Waals surface area contributed by atoms with Crippen LogP contribution in [-0.4, -0.2) is 38.9 Å². The summed E-state index contributed by atoms with van der Waals surface area (Å²) in [6.45, 7) is 9.14. The van der Waals surface area contributed by atoms with Gasteiger partial charge in [0.25, 0.3) is 0 Å². The zero-order chi connectivity index (χ0) is 13.9. The van der Waals surface area contributed by atoms with Gasteiger partial charge in [-0.3, -0.25) is 0 Å². The van der Waals surface area contributed by atoms with Gasteiger partial charge in [0.15, 0.2) is 11.5 Å². The van der Waals surface area contributed by atoms with Crippen LogP contribution in [0.4, 0.5) is 5.69 Å². The molecule has 0 aromatic heterocycles. The molecule has 0 spiro atoms. The molecular formula is C16H24N2O2. The van der Waals surface area contributed by atoms with Gasteiger partial charge in [0.1, 0.15) is 12.7 Å². The quantitative estimate of drug-likeness (QED) is 0.918. The second kappa shape index (κ2) is 5.92. The molecule has 3 rings (SSSR count). The van der Waals surface area contributed by atoms with Crippen LogP contribution in [0.2, 0.25) is 0 Å². The van der Waals surface area contributed by atoms with E-state index >= 15 is 0 Å². The number of hydrogen-bond acceptors (Lipinski definition) is 4. The topological polar surface area (TPSA) is 33.7 Å². The average molecular weight is 276 g/mol. The summed E-state index contributed by atoms with van der Waals surface area (Å²) in [7, 11) is 0. The normalized spacial score (nSPS) is 21.9. The highest BCUT2D eigenvalue weighted by molar-refractivity contribution is 5.70. The Bertz CT molecular complexity index is 470. The van der Waals surface area contributed by atoms with E-state index in [1.807, 2.05) is 0 Å². The van der Waals surface area contributed by atoms with Gasteiger partial charge in [0, 0.05) is 26.2 Å². The van der Waals surface area contributed by atoms with E-state index in [0.717, 1.165) is 50.5 Å². The molecule has 20 heavy (non-hydrogen) atoms. The van der Waals surface area contributed by atoms with Crippen molar-refractivity contribution < 1.29 is 9.47 Å². The molecule has 110 valence electrons. The van der Waals surface area contributed by atoms with Crippen molar-refractivity contribution in [3.05, 3.63) is 17.7 Å². The van der Waals surface area contributed by atoms with Crippen LogP contribution in [0, 0.1) is 0 Å². The van der Waals surface area contributed by atoms with Crippen molar-refractivity contribution in [3.8, 4) is 11.5 Å². The molecule has 0 amide bonds. The molecule has 2 aliphatic rings. The fourth-order valence-corrected chi connectivity index (χ4v) is 2.93. The van der Waals surface area contributed by atoms with Crippen LogP contribution in [0.25, 0.3) is 0 Å². The lowest BCUT2D eigenvalue weighted by Gasteiger charge is -2.35. The first-order valence-corrected chi connectivity index (χ1v) is 7.74. The Morgan fingerprint density at radius 3 is 2.75 bits per heavy atom. The summed E-state index contributed by atoms with van der Waals surface area (Å²) < 4.78 is 12.1. The average Bonchev–Trinajstić information content (AvgIpc) is 2.53. The Hall–Kier alpha value is -1.42. The molecule has 1 unspecified atom stereocenters. The lowest BCUT2D eigenvalue weighted by atomic mass is 10.1. The Morgan fingerprint density at radius 2 is 2.05 bits per heavy atom. The van der Waals surface area contributed by atoms with Crippen molar-refractivity contribution in [2.45, 2.75) is 32.8 Å². The molecule has 4 heteroatoms. The fourth-order valence-electron chi connectivity index (χ4n) is 2.93. The lowest BCUT2D eigenvalue weighted by Crippen LogP contribution is -2.44. The molecule has 1 saturated heterocycles. The number of nitrogens with one attached hydrogen (secondary N) is 1. The van der Waals surface area contributed by atoms with Gasteiger partial charge in [0.2, 0.25) is 0 Å². The monoisotopic (exact) mass is 276 g/mol. The predicted molar refractivity (Wildman–Crippen MR) is 81.1 cm³/mol. The van der Waals surface area contributed by atoms with Crippen molar-refractivity contribution in [1.29, 1.82) is 0 Å². The standard InChI is InChI=1S/C16H24N2O2/c1-3-12-5-6-14-16(20-13(4-2)11-19-14)15(12)18-9-7-17-8-10-18/h5-6,13,17H,3-4,7-11H2,1-2H3. The SMILES string of the molecule is CCc1ccc2c(c1N1CCNCC1)OC(CC)CO2. The second-order valence-electron chi connectivity index (χ2n) is 5.45. The van der Waals surface area contributed by atoms with Crippen molar-refractivity contribution >= 4 is 5.69 Å². The van der Waals surface area contributed by atoms with Gasteiger partial charge < -0.3 is 19.7 Å². The predicted octanol–water partition coefficient (Wildman–Crippen LogP) is 2.21. The number of piperazine rings is 1. The molecule has 2 aliphatic heterocycles. The number of aryl methyl sites for hydroxylation is 1. The number of nitrogens with zero attached hydrogens (tertiary/aromatic N) is 1. The molecule has 2 heterocycles. The third kappa shape index (κ3) is 2.44. The van der Waals surface area contributed by atoms with Crippen LogP contribution in [-0.2, 0) is 6.42 Å². The summed E-state index contributed by atoms with van der Waals surface area (Å²) in [5.41, 5.74) is 2.61. The van der Waals surface area contributed by atoms with Crippen LogP contribution in [0.1, 0.15) is 25.8 Å². The maximum absolute atomic E-state index is 6.22. The minimum atomic E-state index is 0.177. The number of rotatable bonds is 3. The molecule has 0 bridgehead atoms. The Morgan fingerprint density at radius 1 is 1.25 bits per heavy atom. The van der Waals surface area contributed by atoms with Gasteiger partial charge in [-0.1, -0.05) is 19.9 Å². The van der Waals surface area contributed by atoms with Crippen molar-refractivity contribution in [2.75, 3.05) is 37.7 Å². The smallest absolute Gasteiger partial charge is 0.185 e. The van der Waals surface area contributed by atoms with Crippen LogP contribution >= 0.6 is 0 Å². The molecule has 0 radical (unpaired) electrons. The fraction of sp³-hybridized carbons (Fsp3) is 0.625. The maximum atomic E-state index is 6.22. The van der Waals surface area contributed by atoms with Gasteiger partial charge in [-0.15, -0.1) is 0 Å². The van der Waals surface area contributed by atoms with Crippen molar-refractivity contribution in [1.82, 2.24) is 5.32 Å². The minimum Gasteiger partial charge on any atom is -0.486 e. The van der Waals surface area contributed by atoms with E-state index in [-0.39, 0.29) is 6.10 Å². The highest BCUT2D eigenvalue weighted by atomic mass is 16.6. The summed E-state index contributed by atoms with van der Waals surface area (Å²) in [6, 6.07) is 4.25. The Labute approximate surface area is 121 Å². The number of benzene rings is 1. The Kier molecular flexibility index (Phi) is 4.01. The summed E-state index contributed by atoms with van der Waals surface area (Å²) in [5.74, 6) is 1.87. The zero-order valence-electron chi connectivity index (χ0n) is 12.4. The summed E-state index contributed by atoms with van der Waals surface area (Å²) in [5, 5.41) is 3.41. The van der Waals surface area contributed by atoms with Crippen molar-refractivity contribution in [3.63, 3.8) is 0 Å². The summed E-state index contributed by atoms with van der Waals surface area (Å²) >= 11 is 0. The number of ether oxygens (including phenoxy) is 2. The number of hydrogen-bond donors (Lipinski definition) is 1. The van der Waals surface area contributed by atoms with E-state index in [0.29, 0.717) is 6.61 Å². The molecule has 0 saturated carbocycles. The molecule has 1 fully saturated rings. The summed E-state index contributed by atoms with van der Waals surface area (Å²) in [6.07, 6.45) is 2.18. The van der Waals surface area contributed by atoms with E-state index in [9.17, 15) is 0 Å². The third-order valence-corrected chi connectivity index (χ3v) is 4.16. The first kappa shape index (κ1) is 13.6. The van der Waals surface area contributed by atoms with E-state index in [2.05, 4.69) is 36.2 Å². The van der Waals surface area contributed by atoms with Gasteiger partial charge in [-0.2, -0.15) is 0 Å². The third-order valence-electron chi connectivity index (χ3n) is 4.16. The summed E-state index contributed by atoms with van der Waals surface area (Å²) in [4.78, 5) is 2.44. The lowest BCUT2D eigenvalue weighted by molar-refractivity contribution is 0.0888. The largest absolute Gasteiger partial charge is 0.486 e. The highest BCUT2D eigenvalue weighted by Gasteiger charge is 2.27. The van der Waals surface area contributed by atoms with Crippen LogP contribution < -0.4 is 19.7 Å². The van der Waals surface area contributed by atoms with Crippen LogP contribution in [0.3, 0.4) is 0 Å².